The molecule has 1 fully saturated rings. The fourth-order valence-electron chi connectivity index (χ4n) is 2.39. The Bertz CT molecular complexity index is 439. The SMILES string of the molecule is CCc1ncnc(N2CCC(OCCC(C)C)C2)c1F. The van der Waals surface area contributed by atoms with Crippen LogP contribution in [0.1, 0.15) is 39.3 Å². The minimum atomic E-state index is -0.280. The van der Waals surface area contributed by atoms with Crippen molar-refractivity contribution in [2.45, 2.75) is 46.1 Å². The highest BCUT2D eigenvalue weighted by Gasteiger charge is 2.26. The summed E-state index contributed by atoms with van der Waals surface area (Å²) in [6, 6.07) is 0. The minimum Gasteiger partial charge on any atom is -0.376 e. The van der Waals surface area contributed by atoms with Gasteiger partial charge >= 0.3 is 0 Å². The number of rotatable bonds is 6. The van der Waals surface area contributed by atoms with Crippen molar-refractivity contribution < 1.29 is 9.13 Å². The van der Waals surface area contributed by atoms with Gasteiger partial charge in [-0.25, -0.2) is 14.4 Å². The second-order valence-electron chi connectivity index (χ2n) is 5.72. The Kier molecular flexibility index (Phi) is 5.29. The van der Waals surface area contributed by atoms with E-state index in [0.717, 1.165) is 32.5 Å². The Hall–Kier alpha value is -1.23. The van der Waals surface area contributed by atoms with Gasteiger partial charge in [-0.15, -0.1) is 0 Å². The molecule has 0 amide bonds. The molecule has 0 N–H and O–H groups in total. The first-order valence-corrected chi connectivity index (χ1v) is 7.47. The summed E-state index contributed by atoms with van der Waals surface area (Å²) in [6.07, 6.45) is 4.22. The molecule has 0 aliphatic carbocycles. The third-order valence-electron chi connectivity index (χ3n) is 3.67. The maximum atomic E-state index is 14.2. The van der Waals surface area contributed by atoms with Crippen LogP contribution in [-0.4, -0.2) is 35.8 Å². The second-order valence-corrected chi connectivity index (χ2v) is 5.72. The highest BCUT2D eigenvalue weighted by molar-refractivity contribution is 5.42. The number of anilines is 1. The van der Waals surface area contributed by atoms with Crippen LogP contribution in [-0.2, 0) is 11.2 Å². The van der Waals surface area contributed by atoms with Crippen LogP contribution in [0.15, 0.2) is 6.33 Å². The van der Waals surface area contributed by atoms with Crippen LogP contribution < -0.4 is 4.90 Å². The zero-order valence-electron chi connectivity index (χ0n) is 12.6. The molecular formula is C15H24FN3O. The van der Waals surface area contributed by atoms with Crippen molar-refractivity contribution in [3.63, 3.8) is 0 Å². The van der Waals surface area contributed by atoms with Gasteiger partial charge < -0.3 is 9.64 Å². The molecule has 0 bridgehead atoms. The quantitative estimate of drug-likeness (QED) is 0.803. The number of halogens is 1. The Labute approximate surface area is 120 Å². The number of aromatic nitrogens is 2. The van der Waals surface area contributed by atoms with Crippen LogP contribution in [0.5, 0.6) is 0 Å². The Morgan fingerprint density at radius 1 is 1.45 bits per heavy atom. The minimum absolute atomic E-state index is 0.188. The lowest BCUT2D eigenvalue weighted by atomic mass is 10.1. The van der Waals surface area contributed by atoms with E-state index in [9.17, 15) is 4.39 Å². The first kappa shape index (κ1) is 15.2. The predicted molar refractivity (Wildman–Crippen MR) is 77.4 cm³/mol. The van der Waals surface area contributed by atoms with Crippen molar-refractivity contribution in [2.24, 2.45) is 5.92 Å². The molecule has 0 saturated carbocycles. The van der Waals surface area contributed by atoms with Gasteiger partial charge in [0, 0.05) is 19.7 Å². The molecule has 1 unspecified atom stereocenters. The lowest BCUT2D eigenvalue weighted by Crippen LogP contribution is -2.25. The number of hydrogen-bond acceptors (Lipinski definition) is 4. The fourth-order valence-corrected chi connectivity index (χ4v) is 2.39. The Morgan fingerprint density at radius 3 is 2.95 bits per heavy atom. The molecule has 1 saturated heterocycles. The van der Waals surface area contributed by atoms with Crippen molar-refractivity contribution in [3.05, 3.63) is 17.8 Å². The summed E-state index contributed by atoms with van der Waals surface area (Å²) in [5.41, 5.74) is 0.485. The van der Waals surface area contributed by atoms with Gasteiger partial charge in [-0.1, -0.05) is 20.8 Å². The predicted octanol–water partition coefficient (Wildman–Crippen LogP) is 2.82. The molecule has 1 aliphatic heterocycles. The Morgan fingerprint density at radius 2 is 2.25 bits per heavy atom. The van der Waals surface area contributed by atoms with E-state index in [0.29, 0.717) is 23.9 Å². The number of hydrogen-bond donors (Lipinski definition) is 0. The molecule has 1 aromatic rings. The molecule has 4 nitrogen and oxygen atoms in total. The van der Waals surface area contributed by atoms with Gasteiger partial charge in [0.25, 0.3) is 0 Å². The molecule has 0 aromatic carbocycles. The van der Waals surface area contributed by atoms with Crippen LogP contribution >= 0.6 is 0 Å². The van der Waals surface area contributed by atoms with E-state index in [4.69, 9.17) is 4.74 Å². The molecular weight excluding hydrogens is 257 g/mol. The highest BCUT2D eigenvalue weighted by Crippen LogP contribution is 2.24. The first-order valence-electron chi connectivity index (χ1n) is 7.47. The summed E-state index contributed by atoms with van der Waals surface area (Å²) in [4.78, 5) is 10.0. The summed E-state index contributed by atoms with van der Waals surface area (Å²) in [5, 5.41) is 0. The van der Waals surface area contributed by atoms with Crippen LogP contribution in [0, 0.1) is 11.7 Å². The highest BCUT2D eigenvalue weighted by atomic mass is 19.1. The summed E-state index contributed by atoms with van der Waals surface area (Å²) in [5.74, 6) is 0.795. The number of ether oxygens (including phenoxy) is 1. The number of nitrogens with zero attached hydrogens (tertiary/aromatic N) is 3. The Balaban J connectivity index is 1.92. The zero-order valence-corrected chi connectivity index (χ0v) is 12.6. The van der Waals surface area contributed by atoms with E-state index in [1.807, 2.05) is 11.8 Å². The second kappa shape index (κ2) is 6.97. The summed E-state index contributed by atoms with van der Waals surface area (Å²) in [7, 11) is 0. The van der Waals surface area contributed by atoms with Crippen molar-refractivity contribution in [1.82, 2.24) is 9.97 Å². The molecule has 112 valence electrons. The lowest BCUT2D eigenvalue weighted by molar-refractivity contribution is 0.0608. The van der Waals surface area contributed by atoms with Crippen molar-refractivity contribution >= 4 is 5.82 Å². The van der Waals surface area contributed by atoms with E-state index in [-0.39, 0.29) is 11.9 Å². The van der Waals surface area contributed by atoms with Gasteiger partial charge in [-0.3, -0.25) is 0 Å². The smallest absolute Gasteiger partial charge is 0.187 e. The van der Waals surface area contributed by atoms with Gasteiger partial charge in [-0.05, 0) is 25.2 Å². The lowest BCUT2D eigenvalue weighted by Gasteiger charge is -2.19. The molecule has 2 heterocycles. The molecule has 5 heteroatoms. The van der Waals surface area contributed by atoms with Gasteiger partial charge in [0.05, 0.1) is 11.8 Å². The average molecular weight is 281 g/mol. The standard InChI is InChI=1S/C15H24FN3O/c1-4-13-14(16)15(18-10-17-13)19-7-5-12(9-19)20-8-6-11(2)3/h10-12H,4-9H2,1-3H3. The maximum absolute atomic E-state index is 14.2. The van der Waals surface area contributed by atoms with Crippen molar-refractivity contribution in [2.75, 3.05) is 24.6 Å². The molecule has 20 heavy (non-hydrogen) atoms. The normalized spacial score (nSPS) is 19.1. The van der Waals surface area contributed by atoms with Crippen molar-refractivity contribution in [3.8, 4) is 0 Å². The topological polar surface area (TPSA) is 38.2 Å². The molecule has 2 rings (SSSR count). The van der Waals surface area contributed by atoms with E-state index in [1.165, 1.54) is 6.33 Å². The van der Waals surface area contributed by atoms with E-state index >= 15 is 0 Å². The molecule has 0 spiro atoms. The largest absolute Gasteiger partial charge is 0.376 e. The molecule has 1 aromatic heterocycles. The summed E-state index contributed by atoms with van der Waals surface area (Å²) >= 11 is 0. The third kappa shape index (κ3) is 3.66. The monoisotopic (exact) mass is 281 g/mol. The molecule has 0 radical (unpaired) electrons. The van der Waals surface area contributed by atoms with Crippen LogP contribution in [0.2, 0.25) is 0 Å². The van der Waals surface area contributed by atoms with E-state index in [1.54, 1.807) is 0 Å². The number of aryl methyl sites for hydroxylation is 1. The zero-order chi connectivity index (χ0) is 14.5. The molecule has 1 atom stereocenters. The van der Waals surface area contributed by atoms with Crippen LogP contribution in [0.4, 0.5) is 10.2 Å². The van der Waals surface area contributed by atoms with Gasteiger partial charge in [-0.2, -0.15) is 0 Å². The van der Waals surface area contributed by atoms with Crippen molar-refractivity contribution in [1.29, 1.82) is 0 Å². The van der Waals surface area contributed by atoms with Gasteiger partial charge in [0.1, 0.15) is 6.33 Å². The van der Waals surface area contributed by atoms with Gasteiger partial charge in [0.15, 0.2) is 11.6 Å². The summed E-state index contributed by atoms with van der Waals surface area (Å²) < 4.78 is 20.1. The molecule has 1 aliphatic rings. The fraction of sp³-hybridized carbons (Fsp3) is 0.733. The van der Waals surface area contributed by atoms with E-state index in [2.05, 4.69) is 23.8 Å². The average Bonchev–Trinajstić information content (AvgIpc) is 2.87. The summed E-state index contributed by atoms with van der Waals surface area (Å²) in [6.45, 7) is 8.57. The first-order chi connectivity index (χ1) is 9.61. The van der Waals surface area contributed by atoms with E-state index < -0.39 is 0 Å². The third-order valence-corrected chi connectivity index (χ3v) is 3.67. The van der Waals surface area contributed by atoms with Crippen LogP contribution in [0.25, 0.3) is 0 Å². The van der Waals surface area contributed by atoms with Crippen LogP contribution in [0.3, 0.4) is 0 Å². The maximum Gasteiger partial charge on any atom is 0.187 e. The van der Waals surface area contributed by atoms with Gasteiger partial charge in [0.2, 0.25) is 0 Å².